The number of H-pyrrole nitrogens is 1. The molecule has 1 heterocycles. The van der Waals surface area contributed by atoms with Crippen LogP contribution in [0, 0.1) is 0 Å². The van der Waals surface area contributed by atoms with Gasteiger partial charge in [-0.15, -0.1) is 0 Å². The van der Waals surface area contributed by atoms with Crippen molar-refractivity contribution in [2.45, 2.75) is 50.3 Å². The highest BCUT2D eigenvalue weighted by molar-refractivity contribution is 7.89. The molecular formula is C13H25N3O3S. The third-order valence-corrected chi connectivity index (χ3v) is 5.05. The van der Waals surface area contributed by atoms with E-state index in [1.165, 1.54) is 29.5 Å². The summed E-state index contributed by atoms with van der Waals surface area (Å²) in [7, 11) is -3.49. The molecule has 0 bridgehead atoms. The number of unbranched alkanes of at least 4 members (excludes halogenated alkanes) is 4. The summed E-state index contributed by atoms with van der Waals surface area (Å²) in [5.41, 5.74) is 0. The van der Waals surface area contributed by atoms with Crippen LogP contribution in [0.25, 0.3) is 0 Å². The number of hydrogen-bond donors (Lipinski definition) is 2. The maximum absolute atomic E-state index is 12.4. The topological polar surface area (TPSA) is 86.3 Å². The minimum atomic E-state index is -3.49. The van der Waals surface area contributed by atoms with Crippen LogP contribution in [-0.2, 0) is 10.0 Å². The van der Waals surface area contributed by atoms with E-state index in [1.54, 1.807) is 0 Å². The summed E-state index contributed by atoms with van der Waals surface area (Å²) in [5.74, 6) is 0. The van der Waals surface area contributed by atoms with Crippen LogP contribution in [0.4, 0.5) is 0 Å². The first-order chi connectivity index (χ1) is 9.62. The third-order valence-electron chi connectivity index (χ3n) is 3.19. The maximum atomic E-state index is 12.4. The van der Waals surface area contributed by atoms with Gasteiger partial charge >= 0.3 is 0 Å². The fourth-order valence-electron chi connectivity index (χ4n) is 2.02. The van der Waals surface area contributed by atoms with Crippen molar-refractivity contribution >= 4 is 10.0 Å². The molecule has 6 nitrogen and oxygen atoms in total. The number of aromatic nitrogens is 2. The number of nitrogens with zero attached hydrogens (tertiary/aromatic N) is 2. The highest BCUT2D eigenvalue weighted by Crippen LogP contribution is 2.15. The van der Waals surface area contributed by atoms with Crippen LogP contribution in [0.1, 0.15) is 45.4 Å². The average Bonchev–Trinajstić information content (AvgIpc) is 2.96. The van der Waals surface area contributed by atoms with Gasteiger partial charge in [0.25, 0.3) is 0 Å². The van der Waals surface area contributed by atoms with Crippen molar-refractivity contribution in [2.75, 3.05) is 19.7 Å². The summed E-state index contributed by atoms with van der Waals surface area (Å²) in [6.07, 6.45) is 8.53. The second-order valence-corrected chi connectivity index (χ2v) is 6.77. The first-order valence-electron chi connectivity index (χ1n) is 7.22. The zero-order valence-electron chi connectivity index (χ0n) is 12.1. The molecule has 0 radical (unpaired) electrons. The summed E-state index contributed by atoms with van der Waals surface area (Å²) >= 11 is 0. The normalized spacial score (nSPS) is 12.2. The Labute approximate surface area is 121 Å². The Kier molecular flexibility index (Phi) is 7.79. The van der Waals surface area contributed by atoms with E-state index in [4.69, 9.17) is 5.11 Å². The Hall–Kier alpha value is -0.920. The van der Waals surface area contributed by atoms with E-state index in [9.17, 15) is 8.42 Å². The molecule has 0 aliphatic heterocycles. The van der Waals surface area contributed by atoms with E-state index in [1.807, 2.05) is 0 Å². The minimum absolute atomic E-state index is 0.00670. The van der Waals surface area contributed by atoms with Crippen LogP contribution >= 0.6 is 0 Å². The highest BCUT2D eigenvalue weighted by atomic mass is 32.2. The fraction of sp³-hybridized carbons (Fsp3) is 0.769. The van der Waals surface area contributed by atoms with Gasteiger partial charge in [-0.25, -0.2) is 8.42 Å². The van der Waals surface area contributed by atoms with Gasteiger partial charge in [-0.2, -0.15) is 9.40 Å². The first-order valence-corrected chi connectivity index (χ1v) is 8.66. The van der Waals surface area contributed by atoms with E-state index in [2.05, 4.69) is 17.1 Å². The number of aliphatic hydroxyl groups excluding tert-OH is 1. The zero-order chi connectivity index (χ0) is 14.8. The van der Waals surface area contributed by atoms with Gasteiger partial charge in [-0.05, 0) is 12.8 Å². The number of aliphatic hydroxyl groups is 1. The van der Waals surface area contributed by atoms with Crippen molar-refractivity contribution in [3.8, 4) is 0 Å². The monoisotopic (exact) mass is 303 g/mol. The van der Waals surface area contributed by atoms with Gasteiger partial charge in [0.15, 0.2) is 0 Å². The molecule has 0 fully saturated rings. The number of rotatable bonds is 11. The van der Waals surface area contributed by atoms with Crippen LogP contribution in [0.15, 0.2) is 17.3 Å². The number of nitrogens with one attached hydrogen (secondary N) is 1. The van der Waals surface area contributed by atoms with Gasteiger partial charge in [0, 0.05) is 25.9 Å². The lowest BCUT2D eigenvalue weighted by atomic mass is 10.1. The highest BCUT2D eigenvalue weighted by Gasteiger charge is 2.24. The molecule has 0 aromatic carbocycles. The summed E-state index contributed by atoms with van der Waals surface area (Å²) in [4.78, 5) is 0.184. The molecule has 0 saturated heterocycles. The van der Waals surface area contributed by atoms with Crippen LogP contribution < -0.4 is 0 Å². The Balaban J connectivity index is 2.59. The van der Waals surface area contributed by atoms with Crippen LogP contribution in [0.5, 0.6) is 0 Å². The zero-order valence-corrected chi connectivity index (χ0v) is 12.9. The van der Waals surface area contributed by atoms with Crippen molar-refractivity contribution in [2.24, 2.45) is 0 Å². The van der Waals surface area contributed by atoms with Crippen LogP contribution in [0.3, 0.4) is 0 Å². The largest absolute Gasteiger partial charge is 0.396 e. The average molecular weight is 303 g/mol. The molecule has 0 atom stereocenters. The SMILES string of the molecule is CCCCCCCN(CCCO)S(=O)(=O)c1cn[nH]c1. The van der Waals surface area contributed by atoms with E-state index < -0.39 is 10.0 Å². The van der Waals surface area contributed by atoms with E-state index in [0.29, 0.717) is 19.5 Å². The molecule has 0 aliphatic rings. The molecule has 0 unspecified atom stereocenters. The van der Waals surface area contributed by atoms with Crippen molar-refractivity contribution in [3.63, 3.8) is 0 Å². The molecule has 1 aromatic rings. The first kappa shape index (κ1) is 17.1. The Bertz CT molecular complexity index is 445. The number of sulfonamides is 1. The molecule has 0 saturated carbocycles. The molecule has 7 heteroatoms. The van der Waals surface area contributed by atoms with Gasteiger partial charge in [-0.1, -0.05) is 32.6 Å². The standard InChI is InChI=1S/C13H25N3O3S/c1-2-3-4-5-6-8-16(9-7-10-17)20(18,19)13-11-14-15-12-13/h11-12,17H,2-10H2,1H3,(H,14,15). The van der Waals surface area contributed by atoms with Gasteiger partial charge in [-0.3, -0.25) is 5.10 Å². The van der Waals surface area contributed by atoms with Gasteiger partial charge in [0.1, 0.15) is 4.90 Å². The Morgan fingerprint density at radius 1 is 1.20 bits per heavy atom. The molecule has 1 aromatic heterocycles. The van der Waals surface area contributed by atoms with Gasteiger partial charge in [0.05, 0.1) is 6.20 Å². The Morgan fingerprint density at radius 2 is 1.90 bits per heavy atom. The van der Waals surface area contributed by atoms with Gasteiger partial charge in [0.2, 0.25) is 10.0 Å². The van der Waals surface area contributed by atoms with Crippen molar-refractivity contribution in [3.05, 3.63) is 12.4 Å². The van der Waals surface area contributed by atoms with E-state index in [-0.39, 0.29) is 11.5 Å². The summed E-state index contributed by atoms with van der Waals surface area (Å²) in [5, 5.41) is 15.1. The minimum Gasteiger partial charge on any atom is -0.396 e. The quantitative estimate of drug-likeness (QED) is 0.610. The molecule has 1 rings (SSSR count). The fourth-order valence-corrected chi connectivity index (χ4v) is 3.44. The number of aromatic amines is 1. The lowest BCUT2D eigenvalue weighted by Gasteiger charge is -2.21. The van der Waals surface area contributed by atoms with E-state index in [0.717, 1.165) is 19.3 Å². The molecular weight excluding hydrogens is 278 g/mol. The van der Waals surface area contributed by atoms with Crippen molar-refractivity contribution < 1.29 is 13.5 Å². The molecule has 2 N–H and O–H groups in total. The van der Waals surface area contributed by atoms with Crippen molar-refractivity contribution in [1.29, 1.82) is 0 Å². The molecule has 0 aliphatic carbocycles. The smallest absolute Gasteiger partial charge is 0.246 e. The second-order valence-electron chi connectivity index (χ2n) is 4.83. The Morgan fingerprint density at radius 3 is 2.50 bits per heavy atom. The molecule has 20 heavy (non-hydrogen) atoms. The van der Waals surface area contributed by atoms with Crippen molar-refractivity contribution in [1.82, 2.24) is 14.5 Å². The van der Waals surface area contributed by atoms with Crippen LogP contribution in [0.2, 0.25) is 0 Å². The molecule has 0 amide bonds. The predicted octanol–water partition coefficient (Wildman–Crippen LogP) is 1.75. The summed E-state index contributed by atoms with van der Waals surface area (Å²) in [6.45, 7) is 2.99. The maximum Gasteiger partial charge on any atom is 0.246 e. The second kappa shape index (κ2) is 9.10. The third kappa shape index (κ3) is 5.22. The summed E-state index contributed by atoms with van der Waals surface area (Å²) < 4.78 is 26.3. The van der Waals surface area contributed by atoms with Crippen LogP contribution in [-0.4, -0.2) is 47.7 Å². The molecule has 116 valence electrons. The lowest BCUT2D eigenvalue weighted by Crippen LogP contribution is -2.33. The lowest BCUT2D eigenvalue weighted by molar-refractivity contribution is 0.268. The van der Waals surface area contributed by atoms with Gasteiger partial charge < -0.3 is 5.11 Å². The predicted molar refractivity (Wildman–Crippen MR) is 77.8 cm³/mol. The number of hydrogen-bond acceptors (Lipinski definition) is 4. The van der Waals surface area contributed by atoms with E-state index >= 15 is 0 Å². The summed E-state index contributed by atoms with van der Waals surface area (Å²) in [6, 6.07) is 0. The molecule has 0 spiro atoms.